The van der Waals surface area contributed by atoms with Crippen molar-refractivity contribution in [3.63, 3.8) is 0 Å². The van der Waals surface area contributed by atoms with Gasteiger partial charge in [-0.3, -0.25) is 19.3 Å². The van der Waals surface area contributed by atoms with Gasteiger partial charge in [0.05, 0.1) is 6.42 Å². The van der Waals surface area contributed by atoms with Crippen LogP contribution in [0.2, 0.25) is 0 Å². The number of carboxylic acid groups (broad SMARTS) is 2. The second kappa shape index (κ2) is 10.0. The van der Waals surface area contributed by atoms with Gasteiger partial charge >= 0.3 is 11.9 Å². The number of carbonyl (C=O) groups excluding carboxylic acids is 2. The normalized spacial score (nSPS) is 21.1. The van der Waals surface area contributed by atoms with Crippen LogP contribution in [0.5, 0.6) is 0 Å². The number of amides is 2. The maximum atomic E-state index is 13.9. The summed E-state index contributed by atoms with van der Waals surface area (Å²) >= 11 is 2.00. The topological polar surface area (TPSA) is 199 Å². The van der Waals surface area contributed by atoms with Crippen molar-refractivity contribution >= 4 is 47.3 Å². The number of thioether (sulfide) groups is 2. The zero-order valence-electron chi connectivity index (χ0n) is 17.5. The predicted molar refractivity (Wildman–Crippen MR) is 117 cm³/mol. The van der Waals surface area contributed by atoms with Crippen molar-refractivity contribution < 1.29 is 38.9 Å². The molecule has 2 aliphatic rings. The van der Waals surface area contributed by atoms with Crippen LogP contribution in [0.4, 0.5) is 4.39 Å². The van der Waals surface area contributed by atoms with E-state index in [2.05, 4.69) is 25.9 Å². The first-order valence-corrected chi connectivity index (χ1v) is 11.9. The second-order valence-electron chi connectivity index (χ2n) is 7.40. The average molecular weight is 525 g/mol. The van der Waals surface area contributed by atoms with E-state index in [1.54, 1.807) is 0 Å². The molecule has 5 N–H and O–H groups in total. The largest absolute Gasteiger partial charge is 0.481 e. The summed E-state index contributed by atoms with van der Waals surface area (Å²) in [5.74, 6) is -5.17. The zero-order valence-corrected chi connectivity index (χ0v) is 19.1. The van der Waals surface area contributed by atoms with E-state index < -0.39 is 58.8 Å². The summed E-state index contributed by atoms with van der Waals surface area (Å²) in [6.45, 7) is 0. The van der Waals surface area contributed by atoms with Gasteiger partial charge < -0.3 is 20.6 Å². The fraction of sp³-hybridized carbons (Fsp3) is 0.316. The first kappa shape index (κ1) is 24.6. The van der Waals surface area contributed by atoms with Gasteiger partial charge in [-0.2, -0.15) is 5.21 Å². The van der Waals surface area contributed by atoms with Crippen LogP contribution in [0.1, 0.15) is 18.1 Å². The van der Waals surface area contributed by atoms with Crippen molar-refractivity contribution in [2.24, 2.45) is 0 Å². The van der Waals surface area contributed by atoms with E-state index in [0.29, 0.717) is 0 Å². The van der Waals surface area contributed by atoms with E-state index in [1.807, 2.05) is 0 Å². The minimum atomic E-state index is -1.87. The summed E-state index contributed by atoms with van der Waals surface area (Å²) in [7, 11) is 0. The van der Waals surface area contributed by atoms with Gasteiger partial charge in [-0.05, 0) is 16.9 Å². The highest BCUT2D eigenvalue weighted by molar-refractivity contribution is 8.01. The van der Waals surface area contributed by atoms with Crippen LogP contribution in [0.25, 0.3) is 0 Å². The summed E-state index contributed by atoms with van der Waals surface area (Å²) in [4.78, 5) is 49.9. The van der Waals surface area contributed by atoms with Gasteiger partial charge in [0.15, 0.2) is 6.10 Å². The van der Waals surface area contributed by atoms with Gasteiger partial charge in [0, 0.05) is 16.6 Å². The Bertz CT molecular complexity index is 1210. The lowest BCUT2D eigenvalue weighted by molar-refractivity contribution is -0.151. The van der Waals surface area contributed by atoms with E-state index in [-0.39, 0.29) is 27.7 Å². The first-order chi connectivity index (χ1) is 16.7. The van der Waals surface area contributed by atoms with Crippen LogP contribution < -0.4 is 5.32 Å². The number of aliphatic hydroxyl groups excluding tert-OH is 1. The maximum absolute atomic E-state index is 13.9. The molecule has 1 fully saturated rings. The zero-order chi connectivity index (χ0) is 25.3. The highest BCUT2D eigenvalue weighted by Crippen LogP contribution is 2.44. The fourth-order valence-corrected chi connectivity index (χ4v) is 6.21. The monoisotopic (exact) mass is 524 g/mol. The van der Waals surface area contributed by atoms with Gasteiger partial charge in [-0.15, -0.1) is 22.0 Å². The molecular weight excluding hydrogens is 507 g/mol. The SMILES string of the molecule is O=C(O)CC(Sc1nn[nH]n1)C1=C(C(=O)O)N2C(=O)C(NC(=O)C(O)c3ccccc3F)[C@@H]2SC1. The first-order valence-electron chi connectivity index (χ1n) is 9.94. The molecule has 2 aromatic rings. The Morgan fingerprint density at radius 3 is 2.69 bits per heavy atom. The number of carbonyl (C=O) groups is 4. The van der Waals surface area contributed by atoms with Crippen molar-refractivity contribution in [2.45, 2.75) is 34.3 Å². The van der Waals surface area contributed by atoms with Crippen molar-refractivity contribution in [3.05, 3.63) is 46.9 Å². The predicted octanol–water partition coefficient (Wildman–Crippen LogP) is -0.254. The Hall–Kier alpha value is -3.50. The molecule has 4 atom stereocenters. The Balaban J connectivity index is 1.55. The third kappa shape index (κ3) is 4.85. The summed E-state index contributed by atoms with van der Waals surface area (Å²) in [6, 6.07) is 3.97. The number of rotatable bonds is 9. The van der Waals surface area contributed by atoms with Crippen molar-refractivity contribution in [1.82, 2.24) is 30.8 Å². The quantitative estimate of drug-likeness (QED) is 0.213. The van der Waals surface area contributed by atoms with E-state index in [0.717, 1.165) is 34.5 Å². The molecule has 3 heterocycles. The molecule has 1 saturated heterocycles. The van der Waals surface area contributed by atoms with Crippen LogP contribution in [-0.4, -0.2) is 87.0 Å². The van der Waals surface area contributed by atoms with Gasteiger partial charge in [0.1, 0.15) is 22.9 Å². The molecule has 0 saturated carbocycles. The Morgan fingerprint density at radius 1 is 1.31 bits per heavy atom. The molecule has 2 amide bonds. The number of hydrogen-bond donors (Lipinski definition) is 5. The standard InChI is InChI=1S/C19H17FN6O7S2/c20-9-4-2-1-3-7(9)14(29)15(30)21-12-16(31)26-13(18(32)33)8(6-34-17(12)26)10(5-11(27)28)35-19-22-24-25-23-19/h1-4,10,12,14,17,29H,5-6H2,(H,21,30)(H,27,28)(H,32,33)(H,22,23,24,25)/t10?,12?,14?,17-/m0/s1. The van der Waals surface area contributed by atoms with Crippen LogP contribution >= 0.6 is 23.5 Å². The number of aromatic amines is 1. The molecule has 3 unspecified atom stereocenters. The van der Waals surface area contributed by atoms with Crippen molar-refractivity contribution in [1.29, 1.82) is 0 Å². The fourth-order valence-electron chi connectivity index (χ4n) is 3.68. The molecule has 0 bridgehead atoms. The molecular formula is C19H17FN6O7S2. The number of benzene rings is 1. The number of hydrogen-bond acceptors (Lipinski definition) is 10. The van der Waals surface area contributed by atoms with E-state index in [1.165, 1.54) is 18.2 Å². The van der Waals surface area contributed by atoms with Crippen LogP contribution in [0.15, 0.2) is 40.7 Å². The van der Waals surface area contributed by atoms with Crippen molar-refractivity contribution in [2.75, 3.05) is 5.75 Å². The molecule has 1 aromatic heterocycles. The highest BCUT2D eigenvalue weighted by atomic mass is 32.2. The summed E-state index contributed by atoms with van der Waals surface area (Å²) in [5, 5.41) is 43.2. The number of nitrogens with zero attached hydrogens (tertiary/aromatic N) is 4. The Labute approximate surface area is 204 Å². The molecule has 13 nitrogen and oxygen atoms in total. The third-order valence-electron chi connectivity index (χ3n) is 5.27. The number of halogens is 1. The molecule has 0 aliphatic carbocycles. The maximum Gasteiger partial charge on any atom is 0.352 e. The van der Waals surface area contributed by atoms with Gasteiger partial charge in [0.2, 0.25) is 5.16 Å². The van der Waals surface area contributed by atoms with Crippen LogP contribution in [0, 0.1) is 5.82 Å². The molecule has 35 heavy (non-hydrogen) atoms. The number of nitrogens with one attached hydrogen (secondary N) is 2. The molecule has 2 aliphatic heterocycles. The molecule has 0 spiro atoms. The number of fused-ring (bicyclic) bond motifs is 1. The molecule has 4 rings (SSSR count). The highest BCUT2D eigenvalue weighted by Gasteiger charge is 2.55. The average Bonchev–Trinajstić information content (AvgIpc) is 3.33. The van der Waals surface area contributed by atoms with Gasteiger partial charge in [0.25, 0.3) is 11.8 Å². The summed E-state index contributed by atoms with van der Waals surface area (Å²) in [5.41, 5.74) is -0.477. The second-order valence-corrected chi connectivity index (χ2v) is 9.67. The lowest BCUT2D eigenvalue weighted by Crippen LogP contribution is -2.71. The minimum absolute atomic E-state index is 0.0428. The number of β-lactam (4-membered cyclic amide) rings is 1. The number of aromatic nitrogens is 4. The smallest absolute Gasteiger partial charge is 0.352 e. The lowest BCUT2D eigenvalue weighted by atomic mass is 9.99. The minimum Gasteiger partial charge on any atom is -0.481 e. The molecule has 1 aromatic carbocycles. The van der Waals surface area contributed by atoms with Crippen molar-refractivity contribution in [3.8, 4) is 0 Å². The number of tetrazole rings is 1. The third-order valence-corrected chi connectivity index (χ3v) is 7.69. The van der Waals surface area contributed by atoms with Crippen LogP contribution in [0.3, 0.4) is 0 Å². The van der Waals surface area contributed by atoms with E-state index in [9.17, 15) is 38.9 Å². The number of aliphatic carboxylic acids is 2. The number of carboxylic acids is 2. The van der Waals surface area contributed by atoms with Gasteiger partial charge in [-0.1, -0.05) is 30.0 Å². The number of H-pyrrole nitrogens is 1. The lowest BCUT2D eigenvalue weighted by Gasteiger charge is -2.50. The molecule has 16 heteroatoms. The van der Waals surface area contributed by atoms with Crippen LogP contribution in [-0.2, 0) is 19.2 Å². The summed E-state index contributed by atoms with van der Waals surface area (Å²) in [6.07, 6.45) is -2.34. The number of aliphatic hydroxyl groups is 1. The van der Waals surface area contributed by atoms with Gasteiger partial charge in [-0.25, -0.2) is 9.18 Å². The Kier molecular flexibility index (Phi) is 7.04. The summed E-state index contributed by atoms with van der Waals surface area (Å²) < 4.78 is 13.9. The Morgan fingerprint density at radius 2 is 2.06 bits per heavy atom. The van der Waals surface area contributed by atoms with E-state index >= 15 is 0 Å². The molecule has 0 radical (unpaired) electrons. The van der Waals surface area contributed by atoms with E-state index in [4.69, 9.17) is 0 Å². The molecule has 184 valence electrons.